The minimum absolute atomic E-state index is 0.0169. The van der Waals surface area contributed by atoms with E-state index in [9.17, 15) is 0 Å². The lowest BCUT2D eigenvalue weighted by Crippen LogP contribution is -2.47. The highest BCUT2D eigenvalue weighted by Gasteiger charge is 2.56. The first-order valence-electron chi connectivity index (χ1n) is 26.0. The van der Waals surface area contributed by atoms with Crippen molar-refractivity contribution in [2.24, 2.45) is 16.2 Å². The van der Waals surface area contributed by atoms with E-state index >= 15 is 0 Å². The largest absolute Gasteiger partial charge is 0.497 e. The van der Waals surface area contributed by atoms with Crippen LogP contribution in [0.15, 0.2) is 133 Å². The maximum atomic E-state index is 8.17. The Hall–Kier alpha value is -6.66. The summed E-state index contributed by atoms with van der Waals surface area (Å²) in [7, 11) is 5.17. The molecule has 1 fully saturated rings. The van der Waals surface area contributed by atoms with E-state index in [1.807, 2.05) is 36.4 Å². The second-order valence-electron chi connectivity index (χ2n) is 24.0. The van der Waals surface area contributed by atoms with E-state index in [4.69, 9.17) is 28.4 Å². The number of benzene rings is 7. The molecular weight excluding hydrogens is 889 g/mol. The predicted octanol–water partition coefficient (Wildman–Crippen LogP) is 17.8. The van der Waals surface area contributed by atoms with Gasteiger partial charge in [-0.3, -0.25) is 0 Å². The molecule has 15 rings (SSSR count). The summed E-state index contributed by atoms with van der Waals surface area (Å²) in [4.78, 5) is 0. The molecule has 72 heavy (non-hydrogen) atoms. The second-order valence-corrected chi connectivity index (χ2v) is 24.0. The molecule has 6 aliphatic heterocycles. The third-order valence-corrected chi connectivity index (χ3v) is 16.8. The number of methoxy groups -OCH3 is 3. The van der Waals surface area contributed by atoms with Gasteiger partial charge in [0.2, 0.25) is 0 Å². The van der Waals surface area contributed by atoms with Crippen molar-refractivity contribution >= 4 is 16.8 Å². The summed E-state index contributed by atoms with van der Waals surface area (Å²) in [5, 5.41) is 2.17. The molecule has 6 nitrogen and oxygen atoms in total. The highest BCUT2D eigenvalue weighted by atomic mass is 16.5. The lowest BCUT2D eigenvalue weighted by atomic mass is 9.52. The monoisotopic (exact) mass is 959 g/mol. The van der Waals surface area contributed by atoms with Crippen LogP contribution in [0.3, 0.4) is 0 Å². The van der Waals surface area contributed by atoms with Gasteiger partial charge in [0.1, 0.15) is 46.0 Å². The van der Waals surface area contributed by atoms with Crippen molar-refractivity contribution in [2.75, 3.05) is 21.3 Å². The van der Waals surface area contributed by atoms with E-state index in [0.29, 0.717) is 5.75 Å². The maximum Gasteiger partial charge on any atom is 0.158 e. The molecule has 1 atom stereocenters. The molecule has 8 aliphatic rings. The fourth-order valence-corrected chi connectivity index (χ4v) is 14.0. The molecule has 2 aliphatic carbocycles. The van der Waals surface area contributed by atoms with Gasteiger partial charge >= 0.3 is 0 Å². The third kappa shape index (κ3) is 7.92. The maximum absolute atomic E-state index is 8.17. The smallest absolute Gasteiger partial charge is 0.158 e. The molecule has 1 unspecified atom stereocenters. The fraction of sp³-hybridized carbons (Fsp3) is 0.364. The quantitative estimate of drug-likeness (QED) is 0.175. The summed E-state index contributed by atoms with van der Waals surface area (Å²) >= 11 is 0. The van der Waals surface area contributed by atoms with E-state index < -0.39 is 5.60 Å². The molecule has 0 N–H and O–H groups in total. The van der Waals surface area contributed by atoms with Gasteiger partial charge in [0, 0.05) is 44.5 Å². The Morgan fingerprint density at radius 1 is 0.500 bits per heavy atom. The van der Waals surface area contributed by atoms with Crippen LogP contribution >= 0.6 is 0 Å². The Morgan fingerprint density at radius 2 is 1.07 bits per heavy atom. The minimum Gasteiger partial charge on any atom is -0.497 e. The van der Waals surface area contributed by atoms with Gasteiger partial charge < -0.3 is 28.4 Å². The Labute approximate surface area is 427 Å². The minimum atomic E-state index is -0.863. The topological polar surface area (TPSA) is 55.4 Å². The van der Waals surface area contributed by atoms with Gasteiger partial charge in [-0.1, -0.05) is 123 Å². The Bertz CT molecular complexity index is 3230. The van der Waals surface area contributed by atoms with Gasteiger partial charge in [0.05, 0.1) is 21.3 Å². The summed E-state index contributed by atoms with van der Waals surface area (Å²) < 4.78 is 39.1. The van der Waals surface area contributed by atoms with Crippen LogP contribution in [0.2, 0.25) is 0 Å². The molecule has 6 bridgehead atoms. The highest BCUT2D eigenvalue weighted by Crippen LogP contribution is 2.68. The zero-order chi connectivity index (χ0) is 50.4. The van der Waals surface area contributed by atoms with Gasteiger partial charge in [-0.25, -0.2) is 0 Å². The standard InChI is InChI=1S/C66H70O6/c1-61(2)39-62(3,4)41-65(40-61)55-17-13-12-16-50(55)58-53-37-52(49-31-30-48(67-9)36-56(49)68-10)57(69-11)38-54(53)60-51(59(58)65)32-35-66(72-60)43-20-24-45(25-21-43)71-47-28-26-46(27-29-47)70-44-22-18-42(19-23-44)63(5,6)33-14-15-34-64(66,7)8/h12-13,16-32,35-38H,14-15,33-34,39-41H2,1-11H3. The summed E-state index contributed by atoms with van der Waals surface area (Å²) in [5.74, 6) is 6.16. The van der Waals surface area contributed by atoms with Gasteiger partial charge in [-0.15, -0.1) is 0 Å². The molecule has 0 saturated heterocycles. The summed E-state index contributed by atoms with van der Waals surface area (Å²) in [6.45, 7) is 19.5. The van der Waals surface area contributed by atoms with Gasteiger partial charge in [0.15, 0.2) is 5.60 Å². The van der Waals surface area contributed by atoms with Gasteiger partial charge in [-0.05, 0) is 160 Å². The first-order chi connectivity index (χ1) is 34.4. The van der Waals surface area contributed by atoms with Crippen molar-refractivity contribution in [3.8, 4) is 68.2 Å². The molecule has 7 aromatic rings. The fourth-order valence-electron chi connectivity index (χ4n) is 14.0. The van der Waals surface area contributed by atoms with Crippen LogP contribution in [0.4, 0.5) is 0 Å². The Kier molecular flexibility index (Phi) is 11.4. The molecule has 0 aromatic heterocycles. The molecule has 370 valence electrons. The zero-order valence-electron chi connectivity index (χ0n) is 44.2. The van der Waals surface area contributed by atoms with Crippen LogP contribution in [0, 0.1) is 16.2 Å². The predicted molar refractivity (Wildman–Crippen MR) is 293 cm³/mol. The van der Waals surface area contributed by atoms with Gasteiger partial charge in [0.25, 0.3) is 0 Å². The first kappa shape index (κ1) is 47.7. The number of hydrogen-bond acceptors (Lipinski definition) is 6. The van der Waals surface area contributed by atoms with Crippen molar-refractivity contribution in [3.05, 3.63) is 161 Å². The third-order valence-electron chi connectivity index (χ3n) is 16.8. The second kappa shape index (κ2) is 17.2. The number of ether oxygens (including phenoxy) is 6. The Balaban J connectivity index is 1.14. The van der Waals surface area contributed by atoms with Crippen LogP contribution in [-0.4, -0.2) is 21.3 Å². The average molecular weight is 959 g/mol. The summed E-state index contributed by atoms with van der Waals surface area (Å²) in [5.41, 5.74) is 9.48. The number of fused-ring (bicyclic) bond motifs is 11. The van der Waals surface area contributed by atoms with Crippen LogP contribution in [0.5, 0.6) is 46.0 Å². The van der Waals surface area contributed by atoms with Crippen molar-refractivity contribution in [1.29, 1.82) is 0 Å². The lowest BCUT2D eigenvalue weighted by Gasteiger charge is -2.53. The van der Waals surface area contributed by atoms with Crippen molar-refractivity contribution in [1.82, 2.24) is 0 Å². The average Bonchev–Trinajstić information content (AvgIpc) is 3.62. The molecule has 7 aromatic carbocycles. The van der Waals surface area contributed by atoms with E-state index in [1.165, 1.54) is 33.4 Å². The number of hydrogen-bond donors (Lipinski definition) is 0. The van der Waals surface area contributed by atoms with E-state index in [-0.39, 0.29) is 27.1 Å². The van der Waals surface area contributed by atoms with E-state index in [0.717, 1.165) is 113 Å². The SMILES string of the molecule is COc1ccc(-c2cc3c4c(c5c(c3cc2OC)OC2(C=C5)c3ccc(cc3)Oc3ccc(cc3)Oc3ccc(cc3)C(C)(C)CCCCC2(C)C)C2(CC(C)(C)CC(C)(C)C2)c2ccccc2-4)c(OC)c1. The molecular formula is C66H70O6. The van der Waals surface area contributed by atoms with Crippen molar-refractivity contribution in [3.63, 3.8) is 0 Å². The van der Waals surface area contributed by atoms with Crippen LogP contribution < -0.4 is 28.4 Å². The van der Waals surface area contributed by atoms with E-state index in [1.54, 1.807) is 21.3 Å². The molecule has 0 radical (unpaired) electrons. The molecule has 0 amide bonds. The zero-order valence-corrected chi connectivity index (χ0v) is 44.2. The normalized spacial score (nSPS) is 20.7. The molecule has 6 heterocycles. The summed E-state index contributed by atoms with van der Waals surface area (Å²) in [6, 6.07) is 44.9. The van der Waals surface area contributed by atoms with Crippen LogP contribution in [-0.2, 0) is 16.4 Å². The van der Waals surface area contributed by atoms with Crippen LogP contribution in [0.1, 0.15) is 128 Å². The van der Waals surface area contributed by atoms with Crippen molar-refractivity contribution < 1.29 is 28.4 Å². The lowest BCUT2D eigenvalue weighted by molar-refractivity contribution is -0.0129. The summed E-state index contributed by atoms with van der Waals surface area (Å²) in [6.07, 6.45) is 12.2. The van der Waals surface area contributed by atoms with Crippen LogP contribution in [0.25, 0.3) is 39.1 Å². The highest BCUT2D eigenvalue weighted by molar-refractivity contribution is 6.11. The molecule has 1 saturated carbocycles. The van der Waals surface area contributed by atoms with E-state index in [2.05, 4.69) is 159 Å². The number of rotatable bonds is 4. The molecule has 2 spiro atoms. The van der Waals surface area contributed by atoms with Crippen molar-refractivity contribution in [2.45, 2.75) is 117 Å². The molecule has 6 heteroatoms. The Morgan fingerprint density at radius 3 is 1.68 bits per heavy atom. The van der Waals surface area contributed by atoms with Gasteiger partial charge in [-0.2, -0.15) is 0 Å². The first-order valence-corrected chi connectivity index (χ1v) is 26.0.